The average molecular weight is 236 g/mol. The lowest BCUT2D eigenvalue weighted by molar-refractivity contribution is 0.677. The summed E-state index contributed by atoms with van der Waals surface area (Å²) < 4.78 is 0. The molecule has 0 aliphatic carbocycles. The zero-order valence-electron chi connectivity index (χ0n) is 9.83. The Kier molecular flexibility index (Phi) is 3.99. The minimum Gasteiger partial charge on any atom is -0.398 e. The summed E-state index contributed by atoms with van der Waals surface area (Å²) in [6.45, 7) is 3.14. The molecule has 0 saturated carbocycles. The normalized spacial score (nSPS) is 20.7. The molecular weight excluding hydrogens is 216 g/mol. The number of hydrogen-bond acceptors (Lipinski definition) is 3. The number of nitrogen functional groups attached to an aromatic ring is 1. The van der Waals surface area contributed by atoms with Gasteiger partial charge < -0.3 is 11.1 Å². The van der Waals surface area contributed by atoms with Gasteiger partial charge in [-0.25, -0.2) is 0 Å². The summed E-state index contributed by atoms with van der Waals surface area (Å²) in [4.78, 5) is 0. The molecule has 3 N–H and O–H groups in total. The van der Waals surface area contributed by atoms with Crippen molar-refractivity contribution in [3.8, 4) is 0 Å². The molecule has 2 rings (SSSR count). The molecule has 1 unspecified atom stereocenters. The van der Waals surface area contributed by atoms with Gasteiger partial charge in [-0.2, -0.15) is 11.8 Å². The molecule has 0 bridgehead atoms. The Morgan fingerprint density at radius 1 is 1.44 bits per heavy atom. The van der Waals surface area contributed by atoms with Crippen molar-refractivity contribution in [3.63, 3.8) is 0 Å². The van der Waals surface area contributed by atoms with Crippen molar-refractivity contribution in [2.45, 2.75) is 31.4 Å². The maximum absolute atomic E-state index is 5.88. The molecule has 1 heterocycles. The van der Waals surface area contributed by atoms with Crippen LogP contribution in [0.15, 0.2) is 18.2 Å². The summed E-state index contributed by atoms with van der Waals surface area (Å²) in [7, 11) is 0. The van der Waals surface area contributed by atoms with E-state index in [0.717, 1.165) is 17.5 Å². The van der Waals surface area contributed by atoms with Crippen LogP contribution in [0.1, 0.15) is 24.8 Å². The van der Waals surface area contributed by atoms with Crippen molar-refractivity contribution in [1.29, 1.82) is 0 Å². The minimum atomic E-state index is 0.773. The van der Waals surface area contributed by atoms with Crippen LogP contribution in [0.2, 0.25) is 0 Å². The topological polar surface area (TPSA) is 38.0 Å². The second-order valence-electron chi connectivity index (χ2n) is 4.39. The van der Waals surface area contributed by atoms with Crippen molar-refractivity contribution in [3.05, 3.63) is 23.8 Å². The van der Waals surface area contributed by atoms with Crippen LogP contribution in [0.25, 0.3) is 0 Å². The number of thioether (sulfide) groups is 1. The molecule has 1 fully saturated rings. The first kappa shape index (κ1) is 11.6. The standard InChI is InChI=1S/C13H20N2S/c1-10-12(14)6-4-7-13(10)15-9-11-5-2-3-8-16-11/h4,6-7,11,15H,2-3,5,8-9,14H2,1H3. The molecule has 1 aromatic carbocycles. The third kappa shape index (κ3) is 2.85. The van der Waals surface area contributed by atoms with Gasteiger partial charge >= 0.3 is 0 Å². The summed E-state index contributed by atoms with van der Waals surface area (Å²) in [5, 5.41) is 4.30. The first-order valence-electron chi connectivity index (χ1n) is 5.98. The zero-order chi connectivity index (χ0) is 11.4. The molecule has 1 aliphatic heterocycles. The van der Waals surface area contributed by atoms with Gasteiger partial charge in [-0.1, -0.05) is 12.5 Å². The van der Waals surface area contributed by atoms with E-state index >= 15 is 0 Å². The van der Waals surface area contributed by atoms with Crippen molar-refractivity contribution in [1.82, 2.24) is 0 Å². The largest absolute Gasteiger partial charge is 0.398 e. The Bertz CT molecular complexity index is 346. The Balaban J connectivity index is 1.91. The molecule has 16 heavy (non-hydrogen) atoms. The fourth-order valence-corrected chi connectivity index (χ4v) is 3.28. The van der Waals surface area contributed by atoms with Gasteiger partial charge in [-0.15, -0.1) is 0 Å². The molecule has 0 aromatic heterocycles. The van der Waals surface area contributed by atoms with Crippen molar-refractivity contribution < 1.29 is 0 Å². The molecule has 88 valence electrons. The van der Waals surface area contributed by atoms with Crippen LogP contribution in [0.5, 0.6) is 0 Å². The molecule has 0 amide bonds. The maximum atomic E-state index is 5.88. The van der Waals surface area contributed by atoms with E-state index in [1.165, 1.54) is 36.3 Å². The number of anilines is 2. The lowest BCUT2D eigenvalue weighted by Crippen LogP contribution is -2.20. The fourth-order valence-electron chi connectivity index (χ4n) is 2.04. The Morgan fingerprint density at radius 3 is 3.06 bits per heavy atom. The molecule has 2 nitrogen and oxygen atoms in total. The second kappa shape index (κ2) is 5.48. The monoisotopic (exact) mass is 236 g/mol. The molecule has 0 spiro atoms. The van der Waals surface area contributed by atoms with Gasteiger partial charge in [0.05, 0.1) is 0 Å². The molecule has 1 aliphatic rings. The van der Waals surface area contributed by atoms with Crippen LogP contribution in [0, 0.1) is 6.92 Å². The Morgan fingerprint density at radius 2 is 2.31 bits per heavy atom. The number of nitrogens with two attached hydrogens (primary N) is 1. The third-order valence-electron chi connectivity index (χ3n) is 3.17. The Hall–Kier alpha value is -0.830. The van der Waals surface area contributed by atoms with Gasteiger partial charge in [0.1, 0.15) is 0 Å². The van der Waals surface area contributed by atoms with Gasteiger partial charge in [0, 0.05) is 23.2 Å². The first-order valence-corrected chi connectivity index (χ1v) is 7.03. The average Bonchev–Trinajstić information content (AvgIpc) is 2.32. The maximum Gasteiger partial charge on any atom is 0.0390 e. The van der Waals surface area contributed by atoms with Crippen LogP contribution >= 0.6 is 11.8 Å². The van der Waals surface area contributed by atoms with E-state index in [1.807, 2.05) is 12.1 Å². The van der Waals surface area contributed by atoms with Gasteiger partial charge in [0.2, 0.25) is 0 Å². The number of hydrogen-bond donors (Lipinski definition) is 2. The molecule has 3 heteroatoms. The zero-order valence-corrected chi connectivity index (χ0v) is 10.6. The van der Waals surface area contributed by atoms with E-state index in [1.54, 1.807) is 0 Å². The lowest BCUT2D eigenvalue weighted by Gasteiger charge is -2.22. The van der Waals surface area contributed by atoms with E-state index in [-0.39, 0.29) is 0 Å². The molecule has 0 radical (unpaired) electrons. The number of benzene rings is 1. The summed E-state index contributed by atoms with van der Waals surface area (Å²) >= 11 is 2.10. The van der Waals surface area contributed by atoms with Gasteiger partial charge in [-0.3, -0.25) is 0 Å². The molecule has 1 aromatic rings. The van der Waals surface area contributed by atoms with E-state index in [9.17, 15) is 0 Å². The third-order valence-corrected chi connectivity index (χ3v) is 4.57. The number of rotatable bonds is 3. The number of nitrogens with one attached hydrogen (secondary N) is 1. The highest BCUT2D eigenvalue weighted by molar-refractivity contribution is 7.99. The summed E-state index contributed by atoms with van der Waals surface area (Å²) in [6.07, 6.45) is 4.12. The van der Waals surface area contributed by atoms with E-state index in [0.29, 0.717) is 0 Å². The molecule has 1 atom stereocenters. The van der Waals surface area contributed by atoms with Crippen LogP contribution in [-0.4, -0.2) is 17.5 Å². The fraction of sp³-hybridized carbons (Fsp3) is 0.538. The van der Waals surface area contributed by atoms with E-state index in [4.69, 9.17) is 5.73 Å². The van der Waals surface area contributed by atoms with Gasteiger partial charge in [0.25, 0.3) is 0 Å². The second-order valence-corrected chi connectivity index (χ2v) is 5.80. The highest BCUT2D eigenvalue weighted by atomic mass is 32.2. The van der Waals surface area contributed by atoms with Gasteiger partial charge in [0.15, 0.2) is 0 Å². The van der Waals surface area contributed by atoms with Crippen LogP contribution in [-0.2, 0) is 0 Å². The van der Waals surface area contributed by atoms with Crippen LogP contribution < -0.4 is 11.1 Å². The van der Waals surface area contributed by atoms with Crippen molar-refractivity contribution in [2.24, 2.45) is 0 Å². The van der Waals surface area contributed by atoms with Gasteiger partial charge in [-0.05, 0) is 43.2 Å². The smallest absolute Gasteiger partial charge is 0.0390 e. The predicted molar refractivity (Wildman–Crippen MR) is 74.2 cm³/mol. The molecule has 1 saturated heterocycles. The van der Waals surface area contributed by atoms with E-state index in [2.05, 4.69) is 30.1 Å². The SMILES string of the molecule is Cc1c(N)cccc1NCC1CCCCS1. The van der Waals surface area contributed by atoms with E-state index < -0.39 is 0 Å². The molecular formula is C13H20N2S. The highest BCUT2D eigenvalue weighted by Gasteiger charge is 2.13. The lowest BCUT2D eigenvalue weighted by atomic mass is 10.1. The first-order chi connectivity index (χ1) is 7.77. The quantitative estimate of drug-likeness (QED) is 0.791. The predicted octanol–water partition coefficient (Wildman–Crippen LogP) is 3.27. The summed E-state index contributed by atoms with van der Waals surface area (Å²) in [6, 6.07) is 6.08. The summed E-state index contributed by atoms with van der Waals surface area (Å²) in [5.74, 6) is 1.32. The van der Waals surface area contributed by atoms with Crippen LogP contribution in [0.3, 0.4) is 0 Å². The summed E-state index contributed by atoms with van der Waals surface area (Å²) in [5.41, 5.74) is 9.12. The van der Waals surface area contributed by atoms with Crippen LogP contribution in [0.4, 0.5) is 11.4 Å². The minimum absolute atomic E-state index is 0.773. The Labute approximate surface area is 102 Å². The highest BCUT2D eigenvalue weighted by Crippen LogP contribution is 2.26. The van der Waals surface area contributed by atoms with Crippen molar-refractivity contribution in [2.75, 3.05) is 23.3 Å². The van der Waals surface area contributed by atoms with Crippen molar-refractivity contribution >= 4 is 23.1 Å².